The van der Waals surface area contributed by atoms with Crippen LogP contribution in [0.4, 0.5) is 0 Å². The van der Waals surface area contributed by atoms with Gasteiger partial charge in [-0.2, -0.15) is 0 Å². The molecule has 1 rings (SSSR count). The van der Waals surface area contributed by atoms with E-state index in [1.807, 2.05) is 20.8 Å². The number of likely N-dealkylation sites (N-methyl/N-ethyl adjacent to an activating group) is 1. The molecule has 0 radical (unpaired) electrons. The predicted molar refractivity (Wildman–Crippen MR) is 61.9 cm³/mol. The Kier molecular flexibility index (Phi) is 4.85. The van der Waals surface area contributed by atoms with E-state index in [0.29, 0.717) is 13.1 Å². The largest absolute Gasteiger partial charge is 0.355 e. The number of nitrogens with one attached hydrogen (secondary N) is 2. The first kappa shape index (κ1) is 12.6. The van der Waals surface area contributed by atoms with E-state index in [-0.39, 0.29) is 11.9 Å². The molecule has 1 heterocycles. The number of aryl methyl sites for hydroxylation is 1. The molecule has 1 unspecified atom stereocenters. The highest BCUT2D eigenvalue weighted by atomic mass is 16.1. The molecule has 16 heavy (non-hydrogen) atoms. The third-order valence-electron chi connectivity index (χ3n) is 2.27. The lowest BCUT2D eigenvalue weighted by Crippen LogP contribution is -2.35. The Morgan fingerprint density at radius 3 is 2.75 bits per heavy atom. The van der Waals surface area contributed by atoms with Crippen molar-refractivity contribution in [3.8, 4) is 0 Å². The number of hydrogen-bond acceptors (Lipinski definition) is 4. The van der Waals surface area contributed by atoms with Crippen LogP contribution in [0.3, 0.4) is 0 Å². The number of amides is 1. The number of aromatic nitrogens is 2. The zero-order chi connectivity index (χ0) is 12.0. The first-order chi connectivity index (χ1) is 7.65. The van der Waals surface area contributed by atoms with Gasteiger partial charge in [0, 0.05) is 25.0 Å². The standard InChI is InChI=1S/C11H18N4O/c1-4-12-10(16)7-15-9(3)11-8(2)13-5-6-14-11/h5-6,9,15H,4,7H2,1-3H3,(H,12,16). The summed E-state index contributed by atoms with van der Waals surface area (Å²) in [5, 5.41) is 5.84. The maximum atomic E-state index is 11.3. The van der Waals surface area contributed by atoms with Crippen molar-refractivity contribution in [2.45, 2.75) is 26.8 Å². The van der Waals surface area contributed by atoms with E-state index in [4.69, 9.17) is 0 Å². The van der Waals surface area contributed by atoms with Crippen LogP contribution in [0.5, 0.6) is 0 Å². The highest BCUT2D eigenvalue weighted by molar-refractivity contribution is 5.77. The quantitative estimate of drug-likeness (QED) is 0.764. The van der Waals surface area contributed by atoms with Gasteiger partial charge < -0.3 is 10.6 Å². The lowest BCUT2D eigenvalue weighted by atomic mass is 10.2. The third kappa shape index (κ3) is 3.58. The summed E-state index contributed by atoms with van der Waals surface area (Å²) < 4.78 is 0. The van der Waals surface area contributed by atoms with Crippen molar-refractivity contribution in [1.29, 1.82) is 0 Å². The first-order valence-corrected chi connectivity index (χ1v) is 5.42. The molecule has 5 heteroatoms. The normalized spacial score (nSPS) is 12.2. The molecule has 1 aromatic rings. The molecule has 0 bridgehead atoms. The smallest absolute Gasteiger partial charge is 0.233 e. The predicted octanol–water partition coefficient (Wildman–Crippen LogP) is 0.572. The summed E-state index contributed by atoms with van der Waals surface area (Å²) in [5.41, 5.74) is 1.77. The van der Waals surface area contributed by atoms with E-state index in [9.17, 15) is 4.79 Å². The molecule has 5 nitrogen and oxygen atoms in total. The van der Waals surface area contributed by atoms with Crippen molar-refractivity contribution in [3.05, 3.63) is 23.8 Å². The monoisotopic (exact) mass is 222 g/mol. The maximum absolute atomic E-state index is 11.3. The first-order valence-electron chi connectivity index (χ1n) is 5.42. The van der Waals surface area contributed by atoms with Gasteiger partial charge in [-0.05, 0) is 20.8 Å². The molecular weight excluding hydrogens is 204 g/mol. The van der Waals surface area contributed by atoms with Crippen molar-refractivity contribution in [2.75, 3.05) is 13.1 Å². The average molecular weight is 222 g/mol. The molecule has 0 fully saturated rings. The molecule has 1 aromatic heterocycles. The molecule has 0 aromatic carbocycles. The zero-order valence-electron chi connectivity index (χ0n) is 9.95. The molecule has 0 saturated carbocycles. The fraction of sp³-hybridized carbons (Fsp3) is 0.545. The number of rotatable bonds is 5. The van der Waals surface area contributed by atoms with Crippen molar-refractivity contribution in [2.24, 2.45) is 0 Å². The topological polar surface area (TPSA) is 66.9 Å². The highest BCUT2D eigenvalue weighted by Gasteiger charge is 2.10. The second-order valence-electron chi connectivity index (χ2n) is 3.58. The van der Waals surface area contributed by atoms with Gasteiger partial charge >= 0.3 is 0 Å². The van der Waals surface area contributed by atoms with Crippen LogP contribution in [0.25, 0.3) is 0 Å². The third-order valence-corrected chi connectivity index (χ3v) is 2.27. The molecule has 88 valence electrons. The lowest BCUT2D eigenvalue weighted by Gasteiger charge is -2.14. The van der Waals surface area contributed by atoms with Crippen LogP contribution in [0, 0.1) is 6.92 Å². The summed E-state index contributed by atoms with van der Waals surface area (Å²) in [7, 11) is 0. The van der Waals surface area contributed by atoms with Crippen LogP contribution >= 0.6 is 0 Å². The van der Waals surface area contributed by atoms with Crippen LogP contribution in [-0.4, -0.2) is 29.0 Å². The molecule has 0 aliphatic heterocycles. The minimum Gasteiger partial charge on any atom is -0.355 e. The summed E-state index contributed by atoms with van der Waals surface area (Å²) in [6.07, 6.45) is 3.32. The Morgan fingerprint density at radius 2 is 2.12 bits per heavy atom. The summed E-state index contributed by atoms with van der Waals surface area (Å²) >= 11 is 0. The average Bonchev–Trinajstić information content (AvgIpc) is 2.27. The summed E-state index contributed by atoms with van der Waals surface area (Å²) in [6.45, 7) is 6.72. The minimum atomic E-state index is -0.00380. The van der Waals surface area contributed by atoms with Crippen LogP contribution in [0.1, 0.15) is 31.3 Å². The second-order valence-corrected chi connectivity index (χ2v) is 3.58. The van der Waals surface area contributed by atoms with Crippen LogP contribution in [0.15, 0.2) is 12.4 Å². The molecule has 0 saturated heterocycles. The summed E-state index contributed by atoms with van der Waals surface area (Å²) in [4.78, 5) is 19.7. The molecule has 1 atom stereocenters. The number of nitrogens with zero attached hydrogens (tertiary/aromatic N) is 2. The molecule has 2 N–H and O–H groups in total. The molecule has 1 amide bonds. The fourth-order valence-corrected chi connectivity index (χ4v) is 1.45. The van der Waals surface area contributed by atoms with Gasteiger partial charge in [-0.25, -0.2) is 0 Å². The van der Waals surface area contributed by atoms with E-state index >= 15 is 0 Å². The van der Waals surface area contributed by atoms with Gasteiger partial charge in [0.15, 0.2) is 0 Å². The lowest BCUT2D eigenvalue weighted by molar-refractivity contribution is -0.120. The maximum Gasteiger partial charge on any atom is 0.233 e. The van der Waals surface area contributed by atoms with E-state index in [1.54, 1.807) is 12.4 Å². The van der Waals surface area contributed by atoms with Crippen LogP contribution in [-0.2, 0) is 4.79 Å². The second kappa shape index (κ2) is 6.17. The Morgan fingerprint density at radius 1 is 1.44 bits per heavy atom. The van der Waals surface area contributed by atoms with E-state index in [2.05, 4.69) is 20.6 Å². The Bertz CT molecular complexity index is 354. The molecular formula is C11H18N4O. The highest BCUT2D eigenvalue weighted by Crippen LogP contribution is 2.10. The van der Waals surface area contributed by atoms with Crippen LogP contribution < -0.4 is 10.6 Å². The molecule has 0 aliphatic rings. The van der Waals surface area contributed by atoms with Crippen molar-refractivity contribution < 1.29 is 4.79 Å². The molecule has 0 spiro atoms. The van der Waals surface area contributed by atoms with Crippen LogP contribution in [0.2, 0.25) is 0 Å². The van der Waals surface area contributed by atoms with Gasteiger partial charge in [-0.15, -0.1) is 0 Å². The SMILES string of the molecule is CCNC(=O)CNC(C)c1nccnc1C. The molecule has 0 aliphatic carbocycles. The van der Waals surface area contributed by atoms with E-state index < -0.39 is 0 Å². The van der Waals surface area contributed by atoms with Crippen molar-refractivity contribution >= 4 is 5.91 Å². The van der Waals surface area contributed by atoms with Crippen molar-refractivity contribution in [3.63, 3.8) is 0 Å². The number of carbonyl (C=O) groups excluding carboxylic acids is 1. The van der Waals surface area contributed by atoms with Gasteiger partial charge in [0.05, 0.1) is 17.9 Å². The van der Waals surface area contributed by atoms with Gasteiger partial charge in [0.2, 0.25) is 5.91 Å². The van der Waals surface area contributed by atoms with Gasteiger partial charge in [0.25, 0.3) is 0 Å². The fourth-order valence-electron chi connectivity index (χ4n) is 1.45. The summed E-state index contributed by atoms with van der Waals surface area (Å²) in [6, 6.07) is 0.0244. The Labute approximate surface area is 95.7 Å². The van der Waals surface area contributed by atoms with Crippen molar-refractivity contribution in [1.82, 2.24) is 20.6 Å². The van der Waals surface area contributed by atoms with E-state index in [0.717, 1.165) is 11.4 Å². The minimum absolute atomic E-state index is 0.00380. The summed E-state index contributed by atoms with van der Waals surface area (Å²) in [5.74, 6) is -0.00380. The Hall–Kier alpha value is -1.49. The number of carbonyl (C=O) groups is 1. The van der Waals surface area contributed by atoms with E-state index in [1.165, 1.54) is 0 Å². The Balaban J connectivity index is 2.50. The van der Waals surface area contributed by atoms with Gasteiger partial charge in [0.1, 0.15) is 0 Å². The number of hydrogen-bond donors (Lipinski definition) is 2. The van der Waals surface area contributed by atoms with Gasteiger partial charge in [-0.1, -0.05) is 0 Å². The van der Waals surface area contributed by atoms with Gasteiger partial charge in [-0.3, -0.25) is 14.8 Å². The zero-order valence-corrected chi connectivity index (χ0v) is 9.95.